The Hall–Kier alpha value is -2.11. The van der Waals surface area contributed by atoms with Crippen LogP contribution in [0.5, 0.6) is 5.75 Å². The number of hydrogen-bond donors (Lipinski definition) is 2. The van der Waals surface area contributed by atoms with Gasteiger partial charge in [0, 0.05) is 18.8 Å². The van der Waals surface area contributed by atoms with Crippen LogP contribution in [-0.4, -0.2) is 43.4 Å². The molecule has 1 atom stereocenters. The number of anilines is 1. The molecule has 2 rings (SSSR count). The summed E-state index contributed by atoms with van der Waals surface area (Å²) < 4.78 is 19.1. The Labute approximate surface area is 142 Å². The second-order valence-corrected chi connectivity index (χ2v) is 6.19. The molecule has 0 aromatic heterocycles. The summed E-state index contributed by atoms with van der Waals surface area (Å²) in [6.45, 7) is 3.13. The van der Waals surface area contributed by atoms with E-state index in [0.717, 1.165) is 11.3 Å². The van der Waals surface area contributed by atoms with Crippen LogP contribution >= 0.6 is 0 Å². The number of halogens is 1. The number of ether oxygens (including phenoxy) is 1. The fraction of sp³-hybridized carbons (Fsp3) is 0.368. The highest BCUT2D eigenvalue weighted by atomic mass is 19.1. The molecule has 0 amide bonds. The molecule has 130 valence electrons. The monoisotopic (exact) mass is 332 g/mol. The molecule has 2 aromatic carbocycles. The summed E-state index contributed by atoms with van der Waals surface area (Å²) in [6, 6.07) is 12.7. The van der Waals surface area contributed by atoms with Gasteiger partial charge in [-0.25, -0.2) is 4.39 Å². The number of hydrogen-bond acceptors (Lipinski definition) is 4. The van der Waals surface area contributed by atoms with Crippen LogP contribution in [0.25, 0.3) is 0 Å². The van der Waals surface area contributed by atoms with Gasteiger partial charge >= 0.3 is 0 Å². The lowest BCUT2D eigenvalue weighted by Crippen LogP contribution is -2.30. The van der Waals surface area contributed by atoms with E-state index in [4.69, 9.17) is 4.74 Å². The SMILES string of the molecule is Cc1ccc(CNc2ccc(OCC(O)CN(C)C)cc2)cc1F. The molecule has 0 spiro atoms. The summed E-state index contributed by atoms with van der Waals surface area (Å²) in [5, 5.41) is 13.0. The number of aliphatic hydroxyl groups is 1. The van der Waals surface area contributed by atoms with Gasteiger partial charge in [0.05, 0.1) is 0 Å². The Morgan fingerprint density at radius 1 is 1.17 bits per heavy atom. The van der Waals surface area contributed by atoms with Gasteiger partial charge in [0.2, 0.25) is 0 Å². The van der Waals surface area contributed by atoms with Crippen LogP contribution in [-0.2, 0) is 6.54 Å². The maximum Gasteiger partial charge on any atom is 0.126 e. The largest absolute Gasteiger partial charge is 0.491 e. The minimum Gasteiger partial charge on any atom is -0.491 e. The highest BCUT2D eigenvalue weighted by molar-refractivity contribution is 5.46. The average molecular weight is 332 g/mol. The molecular formula is C19H25FN2O2. The summed E-state index contributed by atoms with van der Waals surface area (Å²) in [4.78, 5) is 1.91. The first kappa shape index (κ1) is 18.2. The maximum atomic E-state index is 13.5. The number of aryl methyl sites for hydroxylation is 1. The smallest absolute Gasteiger partial charge is 0.126 e. The van der Waals surface area contributed by atoms with Gasteiger partial charge in [-0.15, -0.1) is 0 Å². The van der Waals surface area contributed by atoms with Crippen molar-refractivity contribution < 1.29 is 14.2 Å². The Balaban J connectivity index is 1.82. The van der Waals surface area contributed by atoms with Crippen molar-refractivity contribution in [3.05, 3.63) is 59.4 Å². The topological polar surface area (TPSA) is 44.7 Å². The Morgan fingerprint density at radius 3 is 2.50 bits per heavy atom. The molecule has 0 saturated heterocycles. The number of benzene rings is 2. The van der Waals surface area contributed by atoms with Gasteiger partial charge in [-0.1, -0.05) is 12.1 Å². The van der Waals surface area contributed by atoms with Crippen LogP contribution in [0.1, 0.15) is 11.1 Å². The molecule has 0 aliphatic heterocycles. The third-order valence-corrected chi connectivity index (χ3v) is 3.61. The molecule has 0 saturated carbocycles. The Bertz CT molecular complexity index is 644. The first-order chi connectivity index (χ1) is 11.4. The number of likely N-dealkylation sites (N-methyl/N-ethyl adjacent to an activating group) is 1. The van der Waals surface area contributed by atoms with Crippen LogP contribution in [0.2, 0.25) is 0 Å². The van der Waals surface area contributed by atoms with Gasteiger partial charge in [0.25, 0.3) is 0 Å². The van der Waals surface area contributed by atoms with Gasteiger partial charge in [-0.3, -0.25) is 0 Å². The summed E-state index contributed by atoms with van der Waals surface area (Å²) in [5.41, 5.74) is 2.47. The molecule has 0 heterocycles. The third kappa shape index (κ3) is 5.83. The Kier molecular flexibility index (Phi) is 6.58. The lowest BCUT2D eigenvalue weighted by molar-refractivity contribution is 0.0831. The molecule has 0 fully saturated rings. The molecule has 2 aromatic rings. The van der Waals surface area contributed by atoms with Crippen molar-refractivity contribution in [1.29, 1.82) is 0 Å². The van der Waals surface area contributed by atoms with Crippen LogP contribution in [0.15, 0.2) is 42.5 Å². The van der Waals surface area contributed by atoms with Crippen molar-refractivity contribution in [2.75, 3.05) is 32.6 Å². The lowest BCUT2D eigenvalue weighted by atomic mass is 10.1. The molecule has 24 heavy (non-hydrogen) atoms. The third-order valence-electron chi connectivity index (χ3n) is 3.61. The Morgan fingerprint density at radius 2 is 1.88 bits per heavy atom. The van der Waals surface area contributed by atoms with E-state index in [-0.39, 0.29) is 12.4 Å². The van der Waals surface area contributed by atoms with Crippen LogP contribution in [0.3, 0.4) is 0 Å². The first-order valence-corrected chi connectivity index (χ1v) is 7.98. The molecule has 1 unspecified atom stereocenters. The molecule has 0 aliphatic rings. The van der Waals surface area contributed by atoms with Crippen LogP contribution in [0.4, 0.5) is 10.1 Å². The van der Waals surface area contributed by atoms with Crippen molar-refractivity contribution in [1.82, 2.24) is 4.90 Å². The summed E-state index contributed by atoms with van der Waals surface area (Å²) in [6.07, 6.45) is -0.519. The summed E-state index contributed by atoms with van der Waals surface area (Å²) in [7, 11) is 3.81. The normalized spacial score (nSPS) is 12.2. The number of rotatable bonds is 8. The summed E-state index contributed by atoms with van der Waals surface area (Å²) >= 11 is 0. The lowest BCUT2D eigenvalue weighted by Gasteiger charge is -2.16. The fourth-order valence-corrected chi connectivity index (χ4v) is 2.29. The van der Waals surface area contributed by atoms with E-state index >= 15 is 0 Å². The van der Waals surface area contributed by atoms with Gasteiger partial charge in [-0.2, -0.15) is 0 Å². The van der Waals surface area contributed by atoms with E-state index in [1.165, 1.54) is 0 Å². The van der Waals surface area contributed by atoms with Crippen LogP contribution < -0.4 is 10.1 Å². The predicted molar refractivity (Wildman–Crippen MR) is 95.0 cm³/mol. The van der Waals surface area contributed by atoms with Crippen molar-refractivity contribution in [2.24, 2.45) is 0 Å². The van der Waals surface area contributed by atoms with E-state index in [0.29, 0.717) is 24.4 Å². The van der Waals surface area contributed by atoms with E-state index in [9.17, 15) is 9.50 Å². The molecule has 4 nitrogen and oxygen atoms in total. The molecular weight excluding hydrogens is 307 g/mol. The quantitative estimate of drug-likeness (QED) is 0.780. The van der Waals surface area contributed by atoms with E-state index in [1.54, 1.807) is 19.1 Å². The van der Waals surface area contributed by atoms with E-state index in [2.05, 4.69) is 5.32 Å². The molecule has 5 heteroatoms. The fourth-order valence-electron chi connectivity index (χ4n) is 2.29. The molecule has 2 N–H and O–H groups in total. The number of nitrogens with zero attached hydrogens (tertiary/aromatic N) is 1. The predicted octanol–water partition coefficient (Wildman–Crippen LogP) is 3.05. The van der Waals surface area contributed by atoms with E-state index < -0.39 is 6.10 Å². The highest BCUT2D eigenvalue weighted by Crippen LogP contribution is 2.17. The average Bonchev–Trinajstić information content (AvgIpc) is 2.54. The zero-order chi connectivity index (χ0) is 17.5. The van der Waals surface area contributed by atoms with Gasteiger partial charge < -0.3 is 20.1 Å². The van der Waals surface area contributed by atoms with Crippen molar-refractivity contribution >= 4 is 5.69 Å². The number of nitrogens with one attached hydrogen (secondary N) is 1. The minimum absolute atomic E-state index is 0.186. The van der Waals surface area contributed by atoms with Gasteiger partial charge in [-0.05, 0) is 62.5 Å². The van der Waals surface area contributed by atoms with Gasteiger partial charge in [0.1, 0.15) is 24.3 Å². The first-order valence-electron chi connectivity index (χ1n) is 7.98. The standard InChI is InChI=1S/C19H25FN2O2/c1-14-4-5-15(10-19(14)20)11-21-16-6-8-18(9-7-16)24-13-17(23)12-22(2)3/h4-10,17,21,23H,11-13H2,1-3H3. The molecule has 0 aliphatic carbocycles. The second-order valence-electron chi connectivity index (χ2n) is 6.19. The highest BCUT2D eigenvalue weighted by Gasteiger charge is 2.06. The van der Waals surface area contributed by atoms with Gasteiger partial charge in [0.15, 0.2) is 0 Å². The maximum absolute atomic E-state index is 13.5. The zero-order valence-corrected chi connectivity index (χ0v) is 14.4. The van der Waals surface area contributed by atoms with Crippen LogP contribution in [0, 0.1) is 12.7 Å². The van der Waals surface area contributed by atoms with E-state index in [1.807, 2.05) is 49.3 Å². The van der Waals surface area contributed by atoms with Crippen molar-refractivity contribution in [2.45, 2.75) is 19.6 Å². The number of aliphatic hydroxyl groups excluding tert-OH is 1. The zero-order valence-electron chi connectivity index (χ0n) is 14.4. The minimum atomic E-state index is -0.519. The second kappa shape index (κ2) is 8.66. The summed E-state index contributed by atoms with van der Waals surface area (Å²) in [5.74, 6) is 0.522. The van der Waals surface area contributed by atoms with Crippen molar-refractivity contribution in [3.8, 4) is 5.75 Å². The van der Waals surface area contributed by atoms with Crippen molar-refractivity contribution in [3.63, 3.8) is 0 Å². The molecule has 0 bridgehead atoms. The molecule has 0 radical (unpaired) electrons.